The molecule has 0 saturated carbocycles. The maximum absolute atomic E-state index is 11.6. The largest absolute Gasteiger partial charge is 0.463 e. The zero-order chi connectivity index (χ0) is 13.7. The third-order valence-corrected chi connectivity index (χ3v) is 2.24. The third kappa shape index (κ3) is 3.01. The average Bonchev–Trinajstić information content (AvgIpc) is 2.29. The topological polar surface area (TPSA) is 117 Å². The fraction of sp³-hybridized carbons (Fsp3) is 0.455. The number of ether oxygens (including phenoxy) is 2. The van der Waals surface area contributed by atoms with Crippen molar-refractivity contribution in [3.8, 4) is 0 Å². The molecule has 0 spiro atoms. The smallest absolute Gasteiger partial charge is 0.341 e. The van der Waals surface area contributed by atoms with Gasteiger partial charge in [-0.25, -0.2) is 9.59 Å². The Hall–Kier alpha value is -2.02. The average molecular weight is 255 g/mol. The van der Waals surface area contributed by atoms with Crippen molar-refractivity contribution in [2.45, 2.75) is 20.0 Å². The van der Waals surface area contributed by atoms with Gasteiger partial charge in [0.05, 0.1) is 18.8 Å². The van der Waals surface area contributed by atoms with Gasteiger partial charge in [-0.1, -0.05) is 0 Å². The lowest BCUT2D eigenvalue weighted by atomic mass is 10.1. The summed E-state index contributed by atoms with van der Waals surface area (Å²) in [6.45, 7) is 3.78. The van der Waals surface area contributed by atoms with Gasteiger partial charge in [0.2, 0.25) is 0 Å². The Bertz CT molecular complexity index is 415. The Morgan fingerprint density at radius 1 is 1.28 bits per heavy atom. The molecular weight excluding hydrogens is 238 g/mol. The van der Waals surface area contributed by atoms with Crippen LogP contribution in [0.1, 0.15) is 13.8 Å². The van der Waals surface area contributed by atoms with Crippen LogP contribution < -0.4 is 16.8 Å². The summed E-state index contributed by atoms with van der Waals surface area (Å²) in [4.78, 5) is 23.2. The minimum Gasteiger partial charge on any atom is -0.463 e. The molecule has 0 aromatic heterocycles. The maximum atomic E-state index is 11.6. The van der Waals surface area contributed by atoms with Crippen molar-refractivity contribution in [2.75, 3.05) is 13.2 Å². The highest BCUT2D eigenvalue weighted by molar-refractivity contribution is 5.98. The van der Waals surface area contributed by atoms with Crippen LogP contribution in [0.4, 0.5) is 0 Å². The van der Waals surface area contributed by atoms with Gasteiger partial charge < -0.3 is 26.3 Å². The van der Waals surface area contributed by atoms with Crippen LogP contribution >= 0.6 is 0 Å². The van der Waals surface area contributed by atoms with Crippen molar-refractivity contribution in [2.24, 2.45) is 11.5 Å². The molecule has 0 radical (unpaired) electrons. The molecule has 0 aromatic carbocycles. The number of hydrogen-bond acceptors (Lipinski definition) is 7. The first-order valence-corrected chi connectivity index (χ1v) is 5.58. The molecule has 0 amide bonds. The highest BCUT2D eigenvalue weighted by atomic mass is 16.5. The SMILES string of the molecule is CCOC(=O)C1=CC(C(=O)OCC)=C(N)NC1N. The monoisotopic (exact) mass is 255 g/mol. The minimum absolute atomic E-state index is 0.0709. The van der Waals surface area contributed by atoms with Gasteiger partial charge in [-0.15, -0.1) is 0 Å². The molecule has 1 heterocycles. The van der Waals surface area contributed by atoms with Gasteiger partial charge in [0, 0.05) is 0 Å². The number of hydrogen-bond donors (Lipinski definition) is 3. The van der Waals surface area contributed by atoms with E-state index in [2.05, 4.69) is 5.32 Å². The molecule has 100 valence electrons. The van der Waals surface area contributed by atoms with Crippen LogP contribution in [0.5, 0.6) is 0 Å². The second-order valence-corrected chi connectivity index (χ2v) is 3.49. The molecule has 1 unspecified atom stereocenters. The van der Waals surface area contributed by atoms with E-state index in [0.717, 1.165) is 0 Å². The lowest BCUT2D eigenvalue weighted by molar-refractivity contribution is -0.138. The fourth-order valence-electron chi connectivity index (χ4n) is 1.42. The van der Waals surface area contributed by atoms with Crippen LogP contribution in [0.2, 0.25) is 0 Å². The van der Waals surface area contributed by atoms with Gasteiger partial charge in [0.25, 0.3) is 0 Å². The number of esters is 2. The lowest BCUT2D eigenvalue weighted by Crippen LogP contribution is -2.46. The molecule has 7 heteroatoms. The Balaban J connectivity index is 3.00. The molecule has 0 saturated heterocycles. The molecular formula is C11H17N3O4. The van der Waals surface area contributed by atoms with Crippen LogP contribution in [0.3, 0.4) is 0 Å². The number of carbonyl (C=O) groups excluding carboxylic acids is 2. The van der Waals surface area contributed by atoms with Crippen LogP contribution in [-0.4, -0.2) is 31.3 Å². The lowest BCUT2D eigenvalue weighted by Gasteiger charge is -2.23. The number of dihydropyridines is 1. The number of nitrogens with two attached hydrogens (primary N) is 2. The summed E-state index contributed by atoms with van der Waals surface area (Å²) in [5.74, 6) is -1.13. The minimum atomic E-state index is -0.803. The highest BCUT2D eigenvalue weighted by Gasteiger charge is 2.27. The van der Waals surface area contributed by atoms with Gasteiger partial charge in [-0.3, -0.25) is 0 Å². The van der Waals surface area contributed by atoms with E-state index >= 15 is 0 Å². The van der Waals surface area contributed by atoms with E-state index in [1.807, 2.05) is 0 Å². The predicted octanol–water partition coefficient (Wildman–Crippen LogP) is -0.903. The van der Waals surface area contributed by atoms with Gasteiger partial charge in [0.1, 0.15) is 17.6 Å². The highest BCUT2D eigenvalue weighted by Crippen LogP contribution is 2.15. The van der Waals surface area contributed by atoms with Crippen LogP contribution in [0, 0.1) is 0 Å². The van der Waals surface area contributed by atoms with Gasteiger partial charge >= 0.3 is 11.9 Å². The zero-order valence-electron chi connectivity index (χ0n) is 10.4. The van der Waals surface area contributed by atoms with Crippen molar-refractivity contribution in [1.29, 1.82) is 0 Å². The van der Waals surface area contributed by atoms with E-state index in [4.69, 9.17) is 20.9 Å². The Morgan fingerprint density at radius 3 is 2.39 bits per heavy atom. The van der Waals surface area contributed by atoms with Crippen LogP contribution in [-0.2, 0) is 19.1 Å². The molecule has 1 aliphatic rings. The molecule has 1 aliphatic heterocycles. The molecule has 1 rings (SSSR count). The standard InChI is InChI=1S/C11H17N3O4/c1-3-17-10(15)6-5-7(11(16)18-4-2)9(13)14-8(6)12/h5,8,14H,3-4,12-13H2,1-2H3. The number of carbonyl (C=O) groups is 2. The van der Waals surface area contributed by atoms with Crippen molar-refractivity contribution in [3.63, 3.8) is 0 Å². The molecule has 0 fully saturated rings. The molecule has 0 aromatic rings. The summed E-state index contributed by atoms with van der Waals surface area (Å²) < 4.78 is 9.65. The Kier molecular flexibility index (Phi) is 4.73. The van der Waals surface area contributed by atoms with E-state index in [-0.39, 0.29) is 30.2 Å². The van der Waals surface area contributed by atoms with E-state index in [0.29, 0.717) is 0 Å². The van der Waals surface area contributed by atoms with Crippen molar-refractivity contribution in [3.05, 3.63) is 23.0 Å². The van der Waals surface area contributed by atoms with Gasteiger partial charge in [-0.2, -0.15) is 0 Å². The summed E-state index contributed by atoms with van der Waals surface area (Å²) >= 11 is 0. The van der Waals surface area contributed by atoms with Crippen molar-refractivity contribution >= 4 is 11.9 Å². The van der Waals surface area contributed by atoms with Crippen molar-refractivity contribution in [1.82, 2.24) is 5.32 Å². The van der Waals surface area contributed by atoms with E-state index in [1.54, 1.807) is 13.8 Å². The first kappa shape index (κ1) is 14.0. The summed E-state index contributed by atoms with van der Waals surface area (Å²) in [5.41, 5.74) is 11.5. The van der Waals surface area contributed by atoms with Gasteiger partial charge in [-0.05, 0) is 19.9 Å². The van der Waals surface area contributed by atoms with Crippen LogP contribution in [0.25, 0.3) is 0 Å². The summed E-state index contributed by atoms with van der Waals surface area (Å²) in [6, 6.07) is 0. The first-order valence-electron chi connectivity index (χ1n) is 5.58. The normalized spacial score (nSPS) is 18.8. The van der Waals surface area contributed by atoms with Crippen molar-refractivity contribution < 1.29 is 19.1 Å². The molecule has 5 N–H and O–H groups in total. The molecule has 0 bridgehead atoms. The molecule has 18 heavy (non-hydrogen) atoms. The summed E-state index contributed by atoms with van der Waals surface area (Å²) in [7, 11) is 0. The summed E-state index contributed by atoms with van der Waals surface area (Å²) in [5, 5.41) is 2.62. The van der Waals surface area contributed by atoms with E-state index in [9.17, 15) is 9.59 Å². The molecule has 0 aliphatic carbocycles. The number of nitrogens with one attached hydrogen (secondary N) is 1. The fourth-order valence-corrected chi connectivity index (χ4v) is 1.42. The van der Waals surface area contributed by atoms with E-state index < -0.39 is 18.1 Å². The first-order chi connectivity index (χ1) is 8.51. The van der Waals surface area contributed by atoms with E-state index in [1.165, 1.54) is 6.08 Å². The number of rotatable bonds is 4. The summed E-state index contributed by atoms with van der Waals surface area (Å²) in [6.07, 6.45) is 0.495. The van der Waals surface area contributed by atoms with Crippen LogP contribution in [0.15, 0.2) is 23.0 Å². The van der Waals surface area contributed by atoms with Gasteiger partial charge in [0.15, 0.2) is 0 Å². The zero-order valence-corrected chi connectivity index (χ0v) is 10.4. The predicted molar refractivity (Wildman–Crippen MR) is 63.7 cm³/mol. The molecule has 1 atom stereocenters. The maximum Gasteiger partial charge on any atom is 0.341 e. The quantitative estimate of drug-likeness (QED) is 0.557. The second kappa shape index (κ2) is 6.06. The Labute approximate surface area is 105 Å². The second-order valence-electron chi connectivity index (χ2n) is 3.49. The Morgan fingerprint density at radius 2 is 1.83 bits per heavy atom. The molecule has 7 nitrogen and oxygen atoms in total. The third-order valence-electron chi connectivity index (χ3n) is 2.24.